The molecule has 0 amide bonds. The van der Waals surface area contributed by atoms with Crippen molar-refractivity contribution in [2.45, 2.75) is 6.04 Å². The highest BCUT2D eigenvalue weighted by atomic mass is 14.6. The maximum Gasteiger partial charge on any atom is 0.0995 e. The lowest BCUT2D eigenvalue weighted by Gasteiger charge is -2.07. The van der Waals surface area contributed by atoms with Crippen molar-refractivity contribution in [1.29, 1.82) is 5.26 Å². The van der Waals surface area contributed by atoms with Gasteiger partial charge in [0.05, 0.1) is 11.6 Å². The second-order valence-corrected chi connectivity index (χ2v) is 2.46. The highest BCUT2D eigenvalue weighted by Crippen LogP contribution is 2.15. The number of hydrogen-bond acceptors (Lipinski definition) is 2. The molecule has 1 unspecified atom stereocenters. The van der Waals surface area contributed by atoms with Gasteiger partial charge in [0.15, 0.2) is 0 Å². The predicted octanol–water partition coefficient (Wildman–Crippen LogP) is 1.74. The third kappa shape index (κ3) is 1.52. The van der Waals surface area contributed by atoms with Gasteiger partial charge < -0.3 is 5.73 Å². The van der Waals surface area contributed by atoms with Crippen molar-refractivity contribution in [1.82, 2.24) is 0 Å². The summed E-state index contributed by atoms with van der Waals surface area (Å²) < 4.78 is 0. The van der Waals surface area contributed by atoms with Crippen LogP contribution in [0.25, 0.3) is 0 Å². The molecule has 1 aromatic carbocycles. The number of nitriles is 1. The normalized spacial score (nSPS) is 11.7. The van der Waals surface area contributed by atoms with Crippen molar-refractivity contribution in [3.05, 3.63) is 48.0 Å². The third-order valence-corrected chi connectivity index (χ3v) is 1.69. The Bertz CT molecular complexity index is 323. The molecule has 2 heteroatoms. The molecule has 0 aliphatic rings. The monoisotopic (exact) mass is 158 g/mol. The molecule has 0 saturated carbocycles. The lowest BCUT2D eigenvalue weighted by molar-refractivity contribution is 0.910. The number of nitrogens with two attached hydrogens (primary N) is 1. The standard InChI is InChI=1S/C10H10N2/c1-2-10(12)9-6-4-3-5-8(9)7-11/h2-6,10H,1,12H2. The van der Waals surface area contributed by atoms with Crippen LogP contribution in [0.5, 0.6) is 0 Å². The van der Waals surface area contributed by atoms with Gasteiger partial charge in [0.2, 0.25) is 0 Å². The first-order valence-electron chi connectivity index (χ1n) is 3.66. The average molecular weight is 158 g/mol. The highest BCUT2D eigenvalue weighted by molar-refractivity contribution is 5.40. The summed E-state index contributed by atoms with van der Waals surface area (Å²) in [6.45, 7) is 3.58. The molecular formula is C10H10N2. The van der Waals surface area contributed by atoms with Crippen LogP contribution in [0.1, 0.15) is 17.2 Å². The van der Waals surface area contributed by atoms with Crippen LogP contribution in [-0.4, -0.2) is 0 Å². The number of benzene rings is 1. The van der Waals surface area contributed by atoms with Gasteiger partial charge in [0.1, 0.15) is 0 Å². The minimum Gasteiger partial charge on any atom is -0.321 e. The van der Waals surface area contributed by atoms with Crippen molar-refractivity contribution in [3.8, 4) is 6.07 Å². The second kappa shape index (κ2) is 3.70. The van der Waals surface area contributed by atoms with Crippen molar-refractivity contribution in [2.24, 2.45) is 5.73 Å². The van der Waals surface area contributed by atoms with Crippen LogP contribution in [0.15, 0.2) is 36.9 Å². The zero-order valence-corrected chi connectivity index (χ0v) is 6.70. The van der Waals surface area contributed by atoms with Crippen molar-refractivity contribution in [2.75, 3.05) is 0 Å². The van der Waals surface area contributed by atoms with E-state index in [9.17, 15) is 0 Å². The molecule has 12 heavy (non-hydrogen) atoms. The lowest BCUT2D eigenvalue weighted by atomic mass is 10.0. The average Bonchev–Trinajstić information content (AvgIpc) is 2.16. The fourth-order valence-corrected chi connectivity index (χ4v) is 1.02. The Morgan fingerprint density at radius 2 is 2.17 bits per heavy atom. The Hall–Kier alpha value is -1.59. The van der Waals surface area contributed by atoms with E-state index in [1.54, 1.807) is 12.1 Å². The smallest absolute Gasteiger partial charge is 0.0995 e. The summed E-state index contributed by atoms with van der Waals surface area (Å²) >= 11 is 0. The third-order valence-electron chi connectivity index (χ3n) is 1.69. The van der Waals surface area contributed by atoms with Crippen molar-refractivity contribution in [3.63, 3.8) is 0 Å². The van der Waals surface area contributed by atoms with Crippen molar-refractivity contribution < 1.29 is 0 Å². The van der Waals surface area contributed by atoms with Crippen LogP contribution in [0, 0.1) is 11.3 Å². The van der Waals surface area contributed by atoms with Gasteiger partial charge in [-0.25, -0.2) is 0 Å². The molecule has 1 atom stereocenters. The second-order valence-electron chi connectivity index (χ2n) is 2.46. The number of nitrogens with zero attached hydrogens (tertiary/aromatic N) is 1. The van der Waals surface area contributed by atoms with Gasteiger partial charge in [0, 0.05) is 6.04 Å². The SMILES string of the molecule is C=CC(N)c1ccccc1C#N. The van der Waals surface area contributed by atoms with E-state index >= 15 is 0 Å². The molecule has 2 nitrogen and oxygen atoms in total. The molecule has 0 aliphatic heterocycles. The molecule has 0 radical (unpaired) electrons. The Morgan fingerprint density at radius 3 is 2.75 bits per heavy atom. The molecular weight excluding hydrogens is 148 g/mol. The largest absolute Gasteiger partial charge is 0.321 e. The topological polar surface area (TPSA) is 49.8 Å². The summed E-state index contributed by atoms with van der Waals surface area (Å²) in [7, 11) is 0. The van der Waals surface area contributed by atoms with Crippen molar-refractivity contribution >= 4 is 0 Å². The molecule has 0 heterocycles. The molecule has 0 fully saturated rings. The molecule has 0 saturated heterocycles. The van der Waals surface area contributed by atoms with E-state index in [0.29, 0.717) is 5.56 Å². The van der Waals surface area contributed by atoms with Gasteiger partial charge in [-0.1, -0.05) is 24.3 Å². The predicted molar refractivity (Wildman–Crippen MR) is 48.3 cm³/mol. The first-order valence-corrected chi connectivity index (χ1v) is 3.66. The Labute approximate surface area is 71.9 Å². The fraction of sp³-hybridized carbons (Fsp3) is 0.100. The molecule has 1 rings (SSSR count). The summed E-state index contributed by atoms with van der Waals surface area (Å²) in [5.41, 5.74) is 7.15. The molecule has 2 N–H and O–H groups in total. The Balaban J connectivity index is 3.15. The van der Waals surface area contributed by atoms with Crippen LogP contribution in [0.3, 0.4) is 0 Å². The maximum absolute atomic E-state index is 8.72. The quantitative estimate of drug-likeness (QED) is 0.666. The lowest BCUT2D eigenvalue weighted by Crippen LogP contribution is -2.08. The number of hydrogen-bond donors (Lipinski definition) is 1. The molecule has 0 aromatic heterocycles. The minimum absolute atomic E-state index is 0.249. The summed E-state index contributed by atoms with van der Waals surface area (Å²) in [6, 6.07) is 9.10. The Morgan fingerprint density at radius 1 is 1.50 bits per heavy atom. The summed E-state index contributed by atoms with van der Waals surface area (Å²) in [4.78, 5) is 0. The molecule has 0 spiro atoms. The highest BCUT2D eigenvalue weighted by Gasteiger charge is 2.05. The first kappa shape index (κ1) is 8.51. The van der Waals surface area contributed by atoms with Gasteiger partial charge in [-0.3, -0.25) is 0 Å². The Kier molecular flexibility index (Phi) is 2.62. The van der Waals surface area contributed by atoms with E-state index in [-0.39, 0.29) is 6.04 Å². The molecule has 60 valence electrons. The van der Waals surface area contributed by atoms with Gasteiger partial charge in [0.25, 0.3) is 0 Å². The van der Waals surface area contributed by atoms with Crippen LogP contribution in [0.2, 0.25) is 0 Å². The van der Waals surface area contributed by atoms with E-state index in [4.69, 9.17) is 11.0 Å². The van der Waals surface area contributed by atoms with Crippen LogP contribution in [-0.2, 0) is 0 Å². The van der Waals surface area contributed by atoms with E-state index in [1.807, 2.05) is 18.2 Å². The van der Waals surface area contributed by atoms with Gasteiger partial charge in [-0.05, 0) is 11.6 Å². The summed E-state index contributed by atoms with van der Waals surface area (Å²) in [5.74, 6) is 0. The van der Waals surface area contributed by atoms with Gasteiger partial charge in [-0.2, -0.15) is 5.26 Å². The van der Waals surface area contributed by atoms with E-state index in [1.165, 1.54) is 0 Å². The van der Waals surface area contributed by atoms with E-state index in [0.717, 1.165) is 5.56 Å². The van der Waals surface area contributed by atoms with E-state index < -0.39 is 0 Å². The van der Waals surface area contributed by atoms with Gasteiger partial charge in [-0.15, -0.1) is 6.58 Å². The van der Waals surface area contributed by atoms with Gasteiger partial charge >= 0.3 is 0 Å². The summed E-state index contributed by atoms with van der Waals surface area (Å²) in [6.07, 6.45) is 1.62. The first-order chi connectivity index (χ1) is 5.79. The maximum atomic E-state index is 8.72. The van der Waals surface area contributed by atoms with E-state index in [2.05, 4.69) is 12.6 Å². The van der Waals surface area contributed by atoms with Crippen LogP contribution in [0.4, 0.5) is 0 Å². The van der Waals surface area contributed by atoms with Crippen LogP contribution < -0.4 is 5.73 Å². The fourth-order valence-electron chi connectivity index (χ4n) is 1.02. The number of rotatable bonds is 2. The minimum atomic E-state index is -0.249. The molecule has 0 aliphatic carbocycles. The zero-order chi connectivity index (χ0) is 8.97. The summed E-state index contributed by atoms with van der Waals surface area (Å²) in [5, 5.41) is 8.72. The molecule has 0 bridgehead atoms. The van der Waals surface area contributed by atoms with Crippen LogP contribution >= 0.6 is 0 Å². The zero-order valence-electron chi connectivity index (χ0n) is 6.70. The molecule has 1 aromatic rings.